The van der Waals surface area contributed by atoms with Gasteiger partial charge in [0.25, 0.3) is 0 Å². The van der Waals surface area contributed by atoms with E-state index in [9.17, 15) is 4.79 Å². The minimum atomic E-state index is -0.483. The molecule has 2 aromatic rings. The minimum Gasteiger partial charge on any atom is -0.492 e. The largest absolute Gasteiger partial charge is 0.492 e. The standard InChI is InChI=1S/C27H35ClN2O2/c1-21-6-5-17-30(20-21)18-19-32-25-13-11-24(12-14-25)29-26(31)27(15-3-2-4-16-27)22-7-9-23(28)10-8-22/h7-14,21H,2-6,15-20H2,1H3,(H,29,31)/t21-/m1/s1. The van der Waals surface area contributed by atoms with Gasteiger partial charge in [-0.15, -0.1) is 0 Å². The molecule has 1 heterocycles. The smallest absolute Gasteiger partial charge is 0.235 e. The summed E-state index contributed by atoms with van der Waals surface area (Å²) in [6.07, 6.45) is 7.69. The van der Waals surface area contributed by atoms with Crippen molar-refractivity contribution in [3.8, 4) is 5.75 Å². The molecule has 1 aliphatic carbocycles. The average molecular weight is 455 g/mol. The van der Waals surface area contributed by atoms with Gasteiger partial charge in [0.05, 0.1) is 5.41 Å². The Morgan fingerprint density at radius 2 is 1.78 bits per heavy atom. The first-order valence-electron chi connectivity index (χ1n) is 12.1. The van der Waals surface area contributed by atoms with Crippen molar-refractivity contribution < 1.29 is 9.53 Å². The number of anilines is 1. The van der Waals surface area contributed by atoms with E-state index in [-0.39, 0.29) is 5.91 Å². The van der Waals surface area contributed by atoms with Gasteiger partial charge in [-0.05, 0) is 80.1 Å². The normalized spacial score (nSPS) is 21.1. The highest BCUT2D eigenvalue weighted by Crippen LogP contribution is 2.41. The number of carbonyl (C=O) groups is 1. The highest BCUT2D eigenvalue weighted by atomic mass is 35.5. The molecule has 0 spiro atoms. The number of amides is 1. The van der Waals surface area contributed by atoms with Crippen molar-refractivity contribution in [2.24, 2.45) is 5.92 Å². The number of nitrogens with one attached hydrogen (secondary N) is 1. The van der Waals surface area contributed by atoms with E-state index in [1.165, 1.54) is 32.4 Å². The SMILES string of the molecule is C[C@@H]1CCCN(CCOc2ccc(NC(=O)C3(c4ccc(Cl)cc4)CCCCC3)cc2)C1. The van der Waals surface area contributed by atoms with Crippen LogP contribution in [0.1, 0.15) is 57.4 Å². The zero-order chi connectivity index (χ0) is 22.4. The summed E-state index contributed by atoms with van der Waals surface area (Å²) in [5, 5.41) is 3.87. The Labute approximate surface area is 197 Å². The first-order chi connectivity index (χ1) is 15.5. The van der Waals surface area contributed by atoms with Crippen LogP contribution in [0.3, 0.4) is 0 Å². The number of rotatable bonds is 7. The van der Waals surface area contributed by atoms with Crippen molar-refractivity contribution in [2.75, 3.05) is 31.6 Å². The van der Waals surface area contributed by atoms with Gasteiger partial charge in [-0.2, -0.15) is 0 Å². The predicted octanol–water partition coefficient (Wildman–Crippen LogP) is 6.29. The summed E-state index contributed by atoms with van der Waals surface area (Å²) >= 11 is 6.09. The van der Waals surface area contributed by atoms with E-state index in [1.54, 1.807) is 0 Å². The number of hydrogen-bond acceptors (Lipinski definition) is 3. The third-order valence-electron chi connectivity index (χ3n) is 7.07. The molecule has 172 valence electrons. The fourth-order valence-electron chi connectivity index (χ4n) is 5.24. The minimum absolute atomic E-state index is 0.0763. The molecule has 5 heteroatoms. The summed E-state index contributed by atoms with van der Waals surface area (Å²) < 4.78 is 5.95. The molecule has 1 saturated carbocycles. The molecule has 0 unspecified atom stereocenters. The number of nitrogens with zero attached hydrogens (tertiary/aromatic N) is 1. The average Bonchev–Trinajstić information content (AvgIpc) is 2.81. The van der Waals surface area contributed by atoms with Crippen molar-refractivity contribution in [3.63, 3.8) is 0 Å². The van der Waals surface area contributed by atoms with E-state index in [4.69, 9.17) is 16.3 Å². The quantitative estimate of drug-likeness (QED) is 0.534. The number of ether oxygens (including phenoxy) is 1. The lowest BCUT2D eigenvalue weighted by atomic mass is 9.68. The van der Waals surface area contributed by atoms with Gasteiger partial charge in [-0.25, -0.2) is 0 Å². The Morgan fingerprint density at radius 1 is 1.06 bits per heavy atom. The highest BCUT2D eigenvalue weighted by Gasteiger charge is 2.41. The van der Waals surface area contributed by atoms with Crippen LogP contribution in [-0.2, 0) is 10.2 Å². The fraction of sp³-hybridized carbons (Fsp3) is 0.519. The monoisotopic (exact) mass is 454 g/mol. The molecule has 0 bridgehead atoms. The molecule has 2 aromatic carbocycles. The van der Waals surface area contributed by atoms with Crippen molar-refractivity contribution in [1.82, 2.24) is 4.90 Å². The molecule has 1 aliphatic heterocycles. The second-order valence-electron chi connectivity index (χ2n) is 9.52. The Balaban J connectivity index is 1.35. The van der Waals surface area contributed by atoms with Gasteiger partial charge >= 0.3 is 0 Å². The Hall–Kier alpha value is -2.04. The molecule has 4 rings (SSSR count). The number of halogens is 1. The third-order valence-corrected chi connectivity index (χ3v) is 7.32. The Kier molecular flexibility index (Phi) is 7.75. The summed E-state index contributed by atoms with van der Waals surface area (Å²) in [5.74, 6) is 1.71. The maximum atomic E-state index is 13.5. The summed E-state index contributed by atoms with van der Waals surface area (Å²) in [6.45, 7) is 6.33. The Morgan fingerprint density at radius 3 is 2.47 bits per heavy atom. The summed E-state index contributed by atoms with van der Waals surface area (Å²) in [6, 6.07) is 15.6. The molecule has 1 atom stereocenters. The van der Waals surface area contributed by atoms with Gasteiger partial charge in [0, 0.05) is 23.8 Å². The first kappa shape index (κ1) is 23.1. The maximum Gasteiger partial charge on any atom is 0.235 e. The molecule has 1 amide bonds. The van der Waals surface area contributed by atoms with Gasteiger partial charge in [0.2, 0.25) is 5.91 Å². The van der Waals surface area contributed by atoms with Crippen molar-refractivity contribution in [1.29, 1.82) is 0 Å². The lowest BCUT2D eigenvalue weighted by Crippen LogP contribution is -2.42. The van der Waals surface area contributed by atoms with Crippen LogP contribution in [0, 0.1) is 5.92 Å². The van der Waals surface area contributed by atoms with Gasteiger partial charge in [-0.1, -0.05) is 49.9 Å². The van der Waals surface area contributed by atoms with Crippen LogP contribution in [0.2, 0.25) is 5.02 Å². The van der Waals surface area contributed by atoms with Gasteiger partial charge in [-0.3, -0.25) is 9.69 Å². The van der Waals surface area contributed by atoms with Gasteiger partial charge in [0.15, 0.2) is 0 Å². The lowest BCUT2D eigenvalue weighted by molar-refractivity contribution is -0.122. The third kappa shape index (κ3) is 5.65. The zero-order valence-corrected chi connectivity index (χ0v) is 19.9. The van der Waals surface area contributed by atoms with Gasteiger partial charge in [0.1, 0.15) is 12.4 Å². The van der Waals surface area contributed by atoms with Crippen LogP contribution in [0.15, 0.2) is 48.5 Å². The van der Waals surface area contributed by atoms with Crippen LogP contribution in [0.5, 0.6) is 5.75 Å². The molecular weight excluding hydrogens is 420 g/mol. The van der Waals surface area contributed by atoms with Gasteiger partial charge < -0.3 is 10.1 Å². The highest BCUT2D eigenvalue weighted by molar-refractivity contribution is 6.30. The van der Waals surface area contributed by atoms with Crippen LogP contribution >= 0.6 is 11.6 Å². The second-order valence-corrected chi connectivity index (χ2v) is 9.96. The van der Waals surface area contributed by atoms with Crippen LogP contribution in [0.4, 0.5) is 5.69 Å². The van der Waals surface area contributed by atoms with E-state index in [2.05, 4.69) is 17.1 Å². The van der Waals surface area contributed by atoms with E-state index in [0.717, 1.165) is 55.1 Å². The molecule has 0 aromatic heterocycles. The van der Waals surface area contributed by atoms with Crippen LogP contribution < -0.4 is 10.1 Å². The number of carbonyl (C=O) groups excluding carboxylic acids is 1. The molecule has 32 heavy (non-hydrogen) atoms. The lowest BCUT2D eigenvalue weighted by Gasteiger charge is -2.36. The molecule has 0 radical (unpaired) electrons. The summed E-state index contributed by atoms with van der Waals surface area (Å²) in [4.78, 5) is 15.9. The maximum absolute atomic E-state index is 13.5. The number of piperidine rings is 1. The molecule has 1 saturated heterocycles. The van der Waals surface area contributed by atoms with Crippen LogP contribution in [0.25, 0.3) is 0 Å². The molecular formula is C27H35ClN2O2. The summed E-state index contributed by atoms with van der Waals surface area (Å²) in [5.41, 5.74) is 1.39. The molecule has 2 fully saturated rings. The van der Waals surface area contributed by atoms with Crippen molar-refractivity contribution >= 4 is 23.2 Å². The van der Waals surface area contributed by atoms with E-state index in [1.807, 2.05) is 48.5 Å². The van der Waals surface area contributed by atoms with E-state index in [0.29, 0.717) is 11.6 Å². The predicted molar refractivity (Wildman–Crippen MR) is 132 cm³/mol. The Bertz CT molecular complexity index is 876. The topological polar surface area (TPSA) is 41.6 Å². The van der Waals surface area contributed by atoms with Crippen molar-refractivity contribution in [2.45, 2.75) is 57.3 Å². The fourth-order valence-corrected chi connectivity index (χ4v) is 5.36. The first-order valence-corrected chi connectivity index (χ1v) is 12.5. The van der Waals surface area contributed by atoms with Crippen LogP contribution in [-0.4, -0.2) is 37.0 Å². The number of benzene rings is 2. The molecule has 2 aliphatic rings. The number of likely N-dealkylation sites (tertiary alicyclic amines) is 1. The summed E-state index contributed by atoms with van der Waals surface area (Å²) in [7, 11) is 0. The van der Waals surface area contributed by atoms with E-state index < -0.39 is 5.41 Å². The number of hydrogen-bond donors (Lipinski definition) is 1. The zero-order valence-electron chi connectivity index (χ0n) is 19.1. The second kappa shape index (κ2) is 10.7. The molecule has 1 N–H and O–H groups in total. The van der Waals surface area contributed by atoms with E-state index >= 15 is 0 Å². The molecule has 4 nitrogen and oxygen atoms in total. The van der Waals surface area contributed by atoms with Crippen molar-refractivity contribution in [3.05, 3.63) is 59.1 Å².